The lowest BCUT2D eigenvalue weighted by Gasteiger charge is -2.04. The standard InChI is InChI=1S/C9H16N4O3/c1-7-12-13-9(16-7)6-10-5-8(14)11-3-4-15-2/h10H,3-6H2,1-2H3,(H,11,14). The topological polar surface area (TPSA) is 89.3 Å². The first-order valence-corrected chi connectivity index (χ1v) is 4.97. The molecule has 7 nitrogen and oxygen atoms in total. The van der Waals surface area contributed by atoms with Gasteiger partial charge in [-0.15, -0.1) is 10.2 Å². The largest absolute Gasteiger partial charge is 0.424 e. The molecule has 0 radical (unpaired) electrons. The van der Waals surface area contributed by atoms with Crippen LogP contribution in [-0.4, -0.2) is 42.9 Å². The second-order valence-electron chi connectivity index (χ2n) is 3.16. The number of carbonyl (C=O) groups is 1. The van der Waals surface area contributed by atoms with Crippen molar-refractivity contribution < 1.29 is 13.9 Å². The van der Waals surface area contributed by atoms with Gasteiger partial charge in [-0.3, -0.25) is 10.1 Å². The van der Waals surface area contributed by atoms with Crippen molar-refractivity contribution in [2.45, 2.75) is 13.5 Å². The number of hydrogen-bond donors (Lipinski definition) is 2. The highest BCUT2D eigenvalue weighted by atomic mass is 16.5. The number of ether oxygens (including phenoxy) is 1. The van der Waals surface area contributed by atoms with Gasteiger partial charge in [0.05, 0.1) is 19.7 Å². The highest BCUT2D eigenvalue weighted by Gasteiger charge is 2.03. The lowest BCUT2D eigenvalue weighted by Crippen LogP contribution is -2.35. The van der Waals surface area contributed by atoms with Crippen LogP contribution in [-0.2, 0) is 16.1 Å². The summed E-state index contributed by atoms with van der Waals surface area (Å²) in [7, 11) is 1.59. The van der Waals surface area contributed by atoms with Gasteiger partial charge in [0.2, 0.25) is 17.7 Å². The highest BCUT2D eigenvalue weighted by molar-refractivity contribution is 5.77. The van der Waals surface area contributed by atoms with E-state index < -0.39 is 0 Å². The zero-order valence-corrected chi connectivity index (χ0v) is 9.45. The van der Waals surface area contributed by atoms with Gasteiger partial charge in [0.15, 0.2) is 0 Å². The summed E-state index contributed by atoms with van der Waals surface area (Å²) in [6.07, 6.45) is 0. The first-order chi connectivity index (χ1) is 7.72. The smallest absolute Gasteiger partial charge is 0.234 e. The van der Waals surface area contributed by atoms with Crippen molar-refractivity contribution in [3.05, 3.63) is 11.8 Å². The van der Waals surface area contributed by atoms with Crippen LogP contribution in [0.4, 0.5) is 0 Å². The molecule has 0 unspecified atom stereocenters. The van der Waals surface area contributed by atoms with Crippen LogP contribution in [0.25, 0.3) is 0 Å². The fourth-order valence-electron chi connectivity index (χ4n) is 1.05. The maximum absolute atomic E-state index is 11.2. The summed E-state index contributed by atoms with van der Waals surface area (Å²) in [5, 5.41) is 13.0. The molecular weight excluding hydrogens is 212 g/mol. The number of rotatable bonds is 7. The molecule has 1 aromatic rings. The van der Waals surface area contributed by atoms with Crippen LogP contribution in [0.5, 0.6) is 0 Å². The fourth-order valence-corrected chi connectivity index (χ4v) is 1.05. The number of methoxy groups -OCH3 is 1. The molecule has 1 rings (SSSR count). The Morgan fingerprint density at radius 2 is 2.31 bits per heavy atom. The second kappa shape index (κ2) is 6.91. The van der Waals surface area contributed by atoms with E-state index in [0.29, 0.717) is 31.5 Å². The number of aryl methyl sites for hydroxylation is 1. The molecule has 0 aliphatic heterocycles. The van der Waals surface area contributed by atoms with E-state index in [1.165, 1.54) is 0 Å². The SMILES string of the molecule is COCCNC(=O)CNCc1nnc(C)o1. The molecule has 1 amide bonds. The van der Waals surface area contributed by atoms with Gasteiger partial charge in [0.1, 0.15) is 0 Å². The normalized spacial score (nSPS) is 10.4. The molecule has 2 N–H and O–H groups in total. The predicted octanol–water partition coefficient (Wildman–Crippen LogP) is -0.770. The summed E-state index contributed by atoms with van der Waals surface area (Å²) in [4.78, 5) is 11.2. The van der Waals surface area contributed by atoms with Gasteiger partial charge in [-0.2, -0.15) is 0 Å². The van der Waals surface area contributed by atoms with Crippen LogP contribution in [0.3, 0.4) is 0 Å². The van der Waals surface area contributed by atoms with Crippen molar-refractivity contribution in [3.8, 4) is 0 Å². The zero-order chi connectivity index (χ0) is 11.8. The number of hydrogen-bond acceptors (Lipinski definition) is 6. The first kappa shape index (κ1) is 12.6. The molecule has 0 bridgehead atoms. The summed E-state index contributed by atoms with van der Waals surface area (Å²) in [6.45, 7) is 3.34. The van der Waals surface area contributed by atoms with Crippen molar-refractivity contribution in [2.75, 3.05) is 26.8 Å². The molecule has 1 aromatic heterocycles. The molecule has 0 aliphatic carbocycles. The van der Waals surface area contributed by atoms with Gasteiger partial charge in [0, 0.05) is 20.6 Å². The number of carbonyl (C=O) groups excluding carboxylic acids is 1. The van der Waals surface area contributed by atoms with Gasteiger partial charge in [-0.25, -0.2) is 0 Å². The second-order valence-corrected chi connectivity index (χ2v) is 3.16. The quantitative estimate of drug-likeness (QED) is 0.596. The average Bonchev–Trinajstić information content (AvgIpc) is 2.65. The third kappa shape index (κ3) is 4.85. The maximum atomic E-state index is 11.2. The van der Waals surface area contributed by atoms with Gasteiger partial charge < -0.3 is 14.5 Å². The van der Waals surface area contributed by atoms with E-state index in [-0.39, 0.29) is 12.5 Å². The van der Waals surface area contributed by atoms with Crippen LogP contribution in [0, 0.1) is 6.92 Å². The molecule has 0 saturated carbocycles. The third-order valence-corrected chi connectivity index (χ3v) is 1.76. The molecule has 1 heterocycles. The fraction of sp³-hybridized carbons (Fsp3) is 0.667. The molecule has 16 heavy (non-hydrogen) atoms. The molecule has 7 heteroatoms. The van der Waals surface area contributed by atoms with E-state index in [2.05, 4.69) is 20.8 Å². The molecule has 0 saturated heterocycles. The van der Waals surface area contributed by atoms with Crippen molar-refractivity contribution in [2.24, 2.45) is 0 Å². The van der Waals surface area contributed by atoms with Crippen LogP contribution in [0.15, 0.2) is 4.42 Å². The zero-order valence-electron chi connectivity index (χ0n) is 9.45. The van der Waals surface area contributed by atoms with Gasteiger partial charge in [-0.1, -0.05) is 0 Å². The number of nitrogens with one attached hydrogen (secondary N) is 2. The van der Waals surface area contributed by atoms with Crippen LogP contribution in [0.2, 0.25) is 0 Å². The van der Waals surface area contributed by atoms with E-state index >= 15 is 0 Å². The molecule has 0 aliphatic rings. The molecule has 0 atom stereocenters. The molecule has 0 spiro atoms. The Balaban J connectivity index is 2.08. The summed E-state index contributed by atoms with van der Waals surface area (Å²) in [6, 6.07) is 0. The monoisotopic (exact) mass is 228 g/mol. The van der Waals surface area contributed by atoms with Crippen LogP contribution < -0.4 is 10.6 Å². The van der Waals surface area contributed by atoms with E-state index in [1.54, 1.807) is 14.0 Å². The van der Waals surface area contributed by atoms with E-state index in [4.69, 9.17) is 9.15 Å². The van der Waals surface area contributed by atoms with Crippen molar-refractivity contribution in [3.63, 3.8) is 0 Å². The number of nitrogens with zero attached hydrogens (tertiary/aromatic N) is 2. The Morgan fingerprint density at radius 1 is 1.50 bits per heavy atom. The highest BCUT2D eigenvalue weighted by Crippen LogP contribution is 1.95. The first-order valence-electron chi connectivity index (χ1n) is 4.97. The Kier molecular flexibility index (Phi) is 5.44. The van der Waals surface area contributed by atoms with Crippen molar-refractivity contribution >= 4 is 5.91 Å². The molecule has 0 fully saturated rings. The van der Waals surface area contributed by atoms with Gasteiger partial charge >= 0.3 is 0 Å². The summed E-state index contributed by atoms with van der Waals surface area (Å²) in [5.74, 6) is 0.900. The van der Waals surface area contributed by atoms with Gasteiger partial charge in [0.25, 0.3) is 0 Å². The number of aromatic nitrogens is 2. The summed E-state index contributed by atoms with van der Waals surface area (Å²) < 4.78 is 9.93. The number of amides is 1. The Labute approximate surface area is 93.6 Å². The lowest BCUT2D eigenvalue weighted by molar-refractivity contribution is -0.120. The summed E-state index contributed by atoms with van der Waals surface area (Å²) in [5.41, 5.74) is 0. The van der Waals surface area contributed by atoms with Crippen molar-refractivity contribution in [1.82, 2.24) is 20.8 Å². The molecular formula is C9H16N4O3. The lowest BCUT2D eigenvalue weighted by atomic mass is 10.5. The third-order valence-electron chi connectivity index (χ3n) is 1.76. The Hall–Kier alpha value is -1.47. The minimum atomic E-state index is -0.0895. The predicted molar refractivity (Wildman–Crippen MR) is 55.6 cm³/mol. The minimum absolute atomic E-state index is 0.0895. The summed E-state index contributed by atoms with van der Waals surface area (Å²) >= 11 is 0. The average molecular weight is 228 g/mol. The maximum Gasteiger partial charge on any atom is 0.234 e. The van der Waals surface area contributed by atoms with E-state index in [1.807, 2.05) is 0 Å². The Bertz CT molecular complexity index is 326. The molecule has 90 valence electrons. The molecule has 0 aromatic carbocycles. The van der Waals surface area contributed by atoms with Crippen LogP contribution in [0.1, 0.15) is 11.8 Å². The van der Waals surface area contributed by atoms with Crippen molar-refractivity contribution in [1.29, 1.82) is 0 Å². The van der Waals surface area contributed by atoms with Gasteiger partial charge in [-0.05, 0) is 0 Å². The van der Waals surface area contributed by atoms with E-state index in [0.717, 1.165) is 0 Å². The van der Waals surface area contributed by atoms with E-state index in [9.17, 15) is 4.79 Å². The Morgan fingerprint density at radius 3 is 2.94 bits per heavy atom. The minimum Gasteiger partial charge on any atom is -0.424 e. The van der Waals surface area contributed by atoms with Crippen LogP contribution >= 0.6 is 0 Å².